The Kier molecular flexibility index (Phi) is 3.05. The minimum absolute atomic E-state index is 0.0188. The van der Waals surface area contributed by atoms with Gasteiger partial charge in [-0.25, -0.2) is 0 Å². The van der Waals surface area contributed by atoms with Crippen molar-refractivity contribution in [2.24, 2.45) is 5.73 Å². The number of hydrogen-bond donors (Lipinski definition) is 1. The van der Waals surface area contributed by atoms with Crippen molar-refractivity contribution in [2.45, 2.75) is 6.42 Å². The summed E-state index contributed by atoms with van der Waals surface area (Å²) >= 11 is 7.20. The van der Waals surface area contributed by atoms with Gasteiger partial charge in [0.05, 0.1) is 10.9 Å². The summed E-state index contributed by atoms with van der Waals surface area (Å²) < 4.78 is 0.687. The molecule has 60 valence electrons. The first-order chi connectivity index (χ1) is 5.24. The smallest absolute Gasteiger partial charge is 0.150 e. The molecule has 0 fully saturated rings. The second kappa shape index (κ2) is 3.85. The predicted octanol–water partition coefficient (Wildman–Crippen LogP) is 1.47. The van der Waals surface area contributed by atoms with E-state index in [2.05, 4.69) is 0 Å². The maximum Gasteiger partial charge on any atom is 0.150 e. The molecule has 4 heteroatoms. The van der Waals surface area contributed by atoms with Gasteiger partial charge >= 0.3 is 0 Å². The summed E-state index contributed by atoms with van der Waals surface area (Å²) in [7, 11) is 0. The number of Topliss-reactive ketones (excluding diaryl/α,β-unsaturated/α-hetero) is 1. The van der Waals surface area contributed by atoms with Crippen molar-refractivity contribution in [2.75, 3.05) is 6.54 Å². The quantitative estimate of drug-likeness (QED) is 0.783. The van der Waals surface area contributed by atoms with Crippen LogP contribution in [0.2, 0.25) is 4.34 Å². The number of nitrogens with two attached hydrogens (primary N) is 1. The van der Waals surface area contributed by atoms with Gasteiger partial charge in [0.25, 0.3) is 0 Å². The Morgan fingerprint density at radius 1 is 1.73 bits per heavy atom. The number of carbonyl (C=O) groups excluding carboxylic acids is 1. The third kappa shape index (κ3) is 2.29. The lowest BCUT2D eigenvalue weighted by molar-refractivity contribution is -0.117. The minimum Gasteiger partial charge on any atom is -0.324 e. The molecule has 0 spiro atoms. The highest BCUT2D eigenvalue weighted by atomic mass is 35.5. The molecule has 0 aliphatic heterocycles. The zero-order valence-electron chi connectivity index (χ0n) is 5.84. The van der Waals surface area contributed by atoms with Gasteiger partial charge in [0.1, 0.15) is 0 Å². The molecule has 0 aliphatic rings. The van der Waals surface area contributed by atoms with Crippen LogP contribution in [0.4, 0.5) is 0 Å². The molecule has 0 saturated carbocycles. The lowest BCUT2D eigenvalue weighted by atomic mass is 10.2. The van der Waals surface area contributed by atoms with E-state index in [1.54, 1.807) is 0 Å². The zero-order chi connectivity index (χ0) is 8.27. The Labute approximate surface area is 74.0 Å². The van der Waals surface area contributed by atoms with E-state index >= 15 is 0 Å². The lowest BCUT2D eigenvalue weighted by Gasteiger charge is -1.94. The van der Waals surface area contributed by atoms with Crippen molar-refractivity contribution in [3.63, 3.8) is 0 Å². The molecule has 2 nitrogen and oxygen atoms in total. The van der Waals surface area contributed by atoms with E-state index < -0.39 is 0 Å². The normalized spacial score (nSPS) is 10.0. The molecule has 0 bridgehead atoms. The number of hydrogen-bond acceptors (Lipinski definition) is 3. The van der Waals surface area contributed by atoms with Crippen molar-refractivity contribution >= 4 is 28.7 Å². The molecule has 11 heavy (non-hydrogen) atoms. The highest BCUT2D eigenvalue weighted by Crippen LogP contribution is 2.22. The largest absolute Gasteiger partial charge is 0.324 e. The third-order valence-corrected chi connectivity index (χ3v) is 2.56. The fraction of sp³-hybridized carbons (Fsp3) is 0.286. The van der Waals surface area contributed by atoms with Gasteiger partial charge in [-0.1, -0.05) is 11.6 Å². The molecule has 0 aliphatic carbocycles. The summed E-state index contributed by atoms with van der Waals surface area (Å²) in [4.78, 5) is 10.9. The minimum atomic E-state index is 0.0188. The van der Waals surface area contributed by atoms with E-state index in [1.165, 1.54) is 11.3 Å². The fourth-order valence-corrected chi connectivity index (χ4v) is 1.66. The Morgan fingerprint density at radius 2 is 2.45 bits per heavy atom. The van der Waals surface area contributed by atoms with Crippen molar-refractivity contribution in [1.29, 1.82) is 0 Å². The van der Waals surface area contributed by atoms with E-state index in [0.29, 0.717) is 10.8 Å². The first-order valence-electron chi connectivity index (χ1n) is 3.17. The van der Waals surface area contributed by atoms with Gasteiger partial charge < -0.3 is 5.73 Å². The molecule has 0 aromatic carbocycles. The van der Waals surface area contributed by atoms with Gasteiger partial charge in [-0.3, -0.25) is 4.79 Å². The molecule has 2 N–H and O–H groups in total. The average Bonchev–Trinajstić information content (AvgIpc) is 2.37. The summed E-state index contributed by atoms with van der Waals surface area (Å²) in [6.07, 6.45) is 0.360. The van der Waals surface area contributed by atoms with Crippen LogP contribution in [0, 0.1) is 0 Å². The molecule has 1 rings (SSSR count). The molecule has 1 aromatic rings. The maximum absolute atomic E-state index is 10.9. The molecule has 0 atom stereocenters. The summed E-state index contributed by atoms with van der Waals surface area (Å²) in [6, 6.07) is 1.85. The first-order valence-corrected chi connectivity index (χ1v) is 4.43. The van der Waals surface area contributed by atoms with Crippen molar-refractivity contribution < 1.29 is 4.79 Å². The van der Waals surface area contributed by atoms with Crippen LogP contribution in [-0.4, -0.2) is 12.3 Å². The van der Waals surface area contributed by atoms with Gasteiger partial charge in [-0.2, -0.15) is 0 Å². The summed E-state index contributed by atoms with van der Waals surface area (Å²) in [5.74, 6) is 0.0188. The van der Waals surface area contributed by atoms with E-state index in [0.717, 1.165) is 5.56 Å². The molecule has 0 unspecified atom stereocenters. The van der Waals surface area contributed by atoms with Crippen molar-refractivity contribution in [3.8, 4) is 0 Å². The van der Waals surface area contributed by atoms with Gasteiger partial charge in [-0.05, 0) is 17.0 Å². The number of halogens is 1. The zero-order valence-corrected chi connectivity index (χ0v) is 7.41. The number of carbonyl (C=O) groups is 1. The van der Waals surface area contributed by atoms with Gasteiger partial charge in [-0.15, -0.1) is 11.3 Å². The Morgan fingerprint density at radius 3 is 2.91 bits per heavy atom. The Bertz CT molecular complexity index is 259. The molecular formula is C7H8ClNOS. The van der Waals surface area contributed by atoms with Crippen LogP contribution >= 0.6 is 22.9 Å². The van der Waals surface area contributed by atoms with Gasteiger partial charge in [0.15, 0.2) is 5.78 Å². The Hall–Kier alpha value is -0.380. The third-order valence-electron chi connectivity index (χ3n) is 1.31. The summed E-state index contributed by atoms with van der Waals surface area (Å²) in [5, 5.41) is 1.86. The van der Waals surface area contributed by atoms with E-state index in [-0.39, 0.29) is 12.3 Å². The second-order valence-corrected chi connectivity index (χ2v) is 3.66. The fourth-order valence-electron chi connectivity index (χ4n) is 0.730. The average molecular weight is 190 g/mol. The highest BCUT2D eigenvalue weighted by Gasteiger charge is 2.05. The number of rotatable bonds is 3. The first kappa shape index (κ1) is 8.71. The maximum atomic E-state index is 10.9. The standard InChI is InChI=1S/C7H8ClNOS/c8-7-5(1-2-11-7)3-6(10)4-9/h1-2H,3-4,9H2. The Balaban J connectivity index is 2.64. The van der Waals surface area contributed by atoms with Crippen LogP contribution in [0.15, 0.2) is 11.4 Å². The van der Waals surface area contributed by atoms with E-state index in [4.69, 9.17) is 17.3 Å². The molecule has 1 heterocycles. The molecule has 0 amide bonds. The lowest BCUT2D eigenvalue weighted by Crippen LogP contribution is -2.15. The topological polar surface area (TPSA) is 43.1 Å². The molecular weight excluding hydrogens is 182 g/mol. The SMILES string of the molecule is NCC(=O)Cc1ccsc1Cl. The van der Waals surface area contributed by atoms with E-state index in [1.807, 2.05) is 11.4 Å². The monoisotopic (exact) mass is 189 g/mol. The van der Waals surface area contributed by atoms with Crippen molar-refractivity contribution in [3.05, 3.63) is 21.3 Å². The van der Waals surface area contributed by atoms with Crippen molar-refractivity contribution in [1.82, 2.24) is 0 Å². The summed E-state index contributed by atoms with van der Waals surface area (Å²) in [5.41, 5.74) is 6.03. The highest BCUT2D eigenvalue weighted by molar-refractivity contribution is 7.14. The van der Waals surface area contributed by atoms with Crippen LogP contribution in [-0.2, 0) is 11.2 Å². The molecule has 0 radical (unpaired) electrons. The second-order valence-electron chi connectivity index (χ2n) is 2.14. The van der Waals surface area contributed by atoms with Gasteiger partial charge in [0.2, 0.25) is 0 Å². The van der Waals surface area contributed by atoms with Crippen LogP contribution in [0.1, 0.15) is 5.56 Å². The number of ketones is 1. The van der Waals surface area contributed by atoms with Crippen LogP contribution < -0.4 is 5.73 Å². The summed E-state index contributed by atoms with van der Waals surface area (Å²) in [6.45, 7) is 0.0895. The van der Waals surface area contributed by atoms with Crippen LogP contribution in [0.3, 0.4) is 0 Å². The van der Waals surface area contributed by atoms with E-state index in [9.17, 15) is 4.79 Å². The van der Waals surface area contributed by atoms with Crippen LogP contribution in [0.5, 0.6) is 0 Å². The number of thiophene rings is 1. The van der Waals surface area contributed by atoms with Gasteiger partial charge in [0, 0.05) is 6.42 Å². The molecule has 1 aromatic heterocycles. The molecule has 0 saturated heterocycles. The van der Waals surface area contributed by atoms with Crippen LogP contribution in [0.25, 0.3) is 0 Å². The predicted molar refractivity (Wildman–Crippen MR) is 47.1 cm³/mol.